The summed E-state index contributed by atoms with van der Waals surface area (Å²) >= 11 is 0. The van der Waals surface area contributed by atoms with Crippen molar-refractivity contribution in [2.45, 2.75) is 6.10 Å². The third-order valence-electron chi connectivity index (χ3n) is 4.32. The van der Waals surface area contributed by atoms with Gasteiger partial charge in [0, 0.05) is 31.4 Å². The second-order valence-electron chi connectivity index (χ2n) is 5.86. The van der Waals surface area contributed by atoms with Gasteiger partial charge in [0.05, 0.1) is 18.4 Å². The minimum Gasteiger partial charge on any atom is -0.373 e. The second kappa shape index (κ2) is 6.10. The second-order valence-corrected chi connectivity index (χ2v) is 5.86. The topological polar surface area (TPSA) is 100 Å². The zero-order valence-corrected chi connectivity index (χ0v) is 13.2. The van der Waals surface area contributed by atoms with Crippen molar-refractivity contribution in [2.75, 3.05) is 31.1 Å². The van der Waals surface area contributed by atoms with E-state index in [1.54, 1.807) is 0 Å². The fourth-order valence-electron chi connectivity index (χ4n) is 3.19. The van der Waals surface area contributed by atoms with E-state index in [1.165, 1.54) is 0 Å². The summed E-state index contributed by atoms with van der Waals surface area (Å²) in [5.41, 5.74) is 9.81. The Balaban J connectivity index is 1.91. The zero-order chi connectivity index (χ0) is 16.5. The van der Waals surface area contributed by atoms with E-state index < -0.39 is 0 Å². The summed E-state index contributed by atoms with van der Waals surface area (Å²) in [5.74, 6) is 0. The van der Waals surface area contributed by atoms with Gasteiger partial charge in [-0.05, 0) is 5.56 Å². The fourth-order valence-corrected chi connectivity index (χ4v) is 3.19. The van der Waals surface area contributed by atoms with E-state index in [4.69, 9.17) is 10.5 Å². The van der Waals surface area contributed by atoms with Crippen molar-refractivity contribution in [1.29, 1.82) is 0 Å². The van der Waals surface area contributed by atoms with Crippen LogP contribution in [0.2, 0.25) is 0 Å². The molecule has 1 aromatic carbocycles. The number of nitrogens with zero attached hydrogens (tertiary/aromatic N) is 2. The molecule has 1 unspecified atom stereocenters. The summed E-state index contributed by atoms with van der Waals surface area (Å²) < 4.78 is 5.68. The first-order valence-corrected chi connectivity index (χ1v) is 7.99. The summed E-state index contributed by atoms with van der Waals surface area (Å²) in [6.07, 6.45) is 1.79. The van der Waals surface area contributed by atoms with Gasteiger partial charge >= 0.3 is 5.69 Å². The molecule has 4 rings (SSSR count). The van der Waals surface area contributed by atoms with E-state index in [9.17, 15) is 4.79 Å². The number of anilines is 1. The highest BCUT2D eigenvalue weighted by molar-refractivity contribution is 5.96. The number of hydrogen-bond donors (Lipinski definition) is 3. The van der Waals surface area contributed by atoms with Gasteiger partial charge in [0.1, 0.15) is 5.52 Å². The molecule has 0 bridgehead atoms. The summed E-state index contributed by atoms with van der Waals surface area (Å²) in [4.78, 5) is 24.0. The molecule has 7 nitrogen and oxygen atoms in total. The Morgan fingerprint density at radius 3 is 2.92 bits per heavy atom. The number of nitrogens with two attached hydrogens (primary N) is 1. The molecule has 3 heterocycles. The summed E-state index contributed by atoms with van der Waals surface area (Å²) in [6, 6.07) is 10.0. The van der Waals surface area contributed by atoms with Crippen molar-refractivity contribution in [3.8, 4) is 11.1 Å². The zero-order valence-electron chi connectivity index (χ0n) is 13.2. The van der Waals surface area contributed by atoms with E-state index in [1.807, 2.05) is 36.5 Å². The van der Waals surface area contributed by atoms with Crippen molar-refractivity contribution in [1.82, 2.24) is 15.0 Å². The predicted molar refractivity (Wildman–Crippen MR) is 93.2 cm³/mol. The van der Waals surface area contributed by atoms with Gasteiger partial charge in [-0.15, -0.1) is 0 Å². The Morgan fingerprint density at radius 1 is 1.29 bits per heavy atom. The van der Waals surface area contributed by atoms with Crippen molar-refractivity contribution in [3.63, 3.8) is 0 Å². The highest BCUT2D eigenvalue weighted by Crippen LogP contribution is 2.35. The SMILES string of the molecule is NCC1CN(c2c(-c3ccccc3)cnc3[nH]c(=O)[nH]c23)CCO1. The number of H-pyrrole nitrogens is 2. The maximum absolute atomic E-state index is 11.8. The normalized spacial score (nSPS) is 18.2. The molecule has 0 aliphatic carbocycles. The van der Waals surface area contributed by atoms with Crippen LogP contribution in [0.25, 0.3) is 22.3 Å². The number of morpholine rings is 1. The highest BCUT2D eigenvalue weighted by Gasteiger charge is 2.25. The van der Waals surface area contributed by atoms with Crippen LogP contribution in [0.1, 0.15) is 0 Å². The average Bonchev–Trinajstić information content (AvgIpc) is 3.01. The van der Waals surface area contributed by atoms with E-state index in [-0.39, 0.29) is 11.8 Å². The first kappa shape index (κ1) is 14.9. The van der Waals surface area contributed by atoms with Crippen LogP contribution >= 0.6 is 0 Å². The molecule has 0 amide bonds. The lowest BCUT2D eigenvalue weighted by Gasteiger charge is -2.35. The summed E-state index contributed by atoms with van der Waals surface area (Å²) in [5, 5.41) is 0. The Bertz CT molecular complexity index is 902. The van der Waals surface area contributed by atoms with Crippen LogP contribution in [0.15, 0.2) is 41.3 Å². The lowest BCUT2D eigenvalue weighted by atomic mass is 10.0. The van der Waals surface area contributed by atoms with E-state index >= 15 is 0 Å². The molecule has 1 aliphatic heterocycles. The van der Waals surface area contributed by atoms with Gasteiger partial charge in [0.25, 0.3) is 0 Å². The molecule has 0 saturated carbocycles. The van der Waals surface area contributed by atoms with Crippen LogP contribution in [0.4, 0.5) is 5.69 Å². The van der Waals surface area contributed by atoms with Crippen LogP contribution in [0, 0.1) is 0 Å². The van der Waals surface area contributed by atoms with Crippen molar-refractivity contribution >= 4 is 16.9 Å². The molecule has 1 atom stereocenters. The number of benzene rings is 1. The first-order chi connectivity index (χ1) is 11.8. The quantitative estimate of drug-likeness (QED) is 0.669. The molecular formula is C17H19N5O2. The molecular weight excluding hydrogens is 306 g/mol. The predicted octanol–water partition coefficient (Wildman–Crippen LogP) is 1.08. The van der Waals surface area contributed by atoms with Gasteiger partial charge in [-0.3, -0.25) is 4.98 Å². The molecule has 1 aliphatic rings. The minimum atomic E-state index is -0.257. The van der Waals surface area contributed by atoms with Crippen LogP contribution in [0.3, 0.4) is 0 Å². The Morgan fingerprint density at radius 2 is 2.12 bits per heavy atom. The van der Waals surface area contributed by atoms with Crippen LogP contribution in [-0.2, 0) is 4.74 Å². The molecule has 1 fully saturated rings. The fraction of sp³-hybridized carbons (Fsp3) is 0.294. The van der Waals surface area contributed by atoms with E-state index in [0.29, 0.717) is 25.3 Å². The van der Waals surface area contributed by atoms with Gasteiger partial charge < -0.3 is 20.4 Å². The smallest absolute Gasteiger partial charge is 0.325 e. The molecule has 0 radical (unpaired) electrons. The van der Waals surface area contributed by atoms with Gasteiger partial charge in [0.15, 0.2) is 5.65 Å². The number of pyridine rings is 1. The number of aromatic amines is 2. The number of rotatable bonds is 3. The Kier molecular flexibility index (Phi) is 3.79. The monoisotopic (exact) mass is 325 g/mol. The Hall–Kier alpha value is -2.64. The van der Waals surface area contributed by atoms with Crippen molar-refractivity contribution in [3.05, 3.63) is 47.0 Å². The number of fused-ring (bicyclic) bond motifs is 1. The highest BCUT2D eigenvalue weighted by atomic mass is 16.5. The maximum Gasteiger partial charge on any atom is 0.325 e. The van der Waals surface area contributed by atoms with Gasteiger partial charge in [-0.25, -0.2) is 9.78 Å². The van der Waals surface area contributed by atoms with Gasteiger partial charge in [-0.1, -0.05) is 30.3 Å². The number of ether oxygens (including phenoxy) is 1. The molecule has 2 aromatic heterocycles. The molecule has 0 spiro atoms. The maximum atomic E-state index is 11.8. The lowest BCUT2D eigenvalue weighted by Crippen LogP contribution is -2.46. The minimum absolute atomic E-state index is 0.0174. The van der Waals surface area contributed by atoms with Crippen LogP contribution in [0.5, 0.6) is 0 Å². The largest absolute Gasteiger partial charge is 0.373 e. The number of aromatic nitrogens is 3. The number of hydrogen-bond acceptors (Lipinski definition) is 5. The first-order valence-electron chi connectivity index (χ1n) is 7.99. The van der Waals surface area contributed by atoms with E-state index in [2.05, 4.69) is 19.9 Å². The number of nitrogens with one attached hydrogen (secondary N) is 2. The van der Waals surface area contributed by atoms with Crippen LogP contribution < -0.4 is 16.3 Å². The third kappa shape index (κ3) is 2.57. The van der Waals surface area contributed by atoms with Crippen molar-refractivity contribution in [2.24, 2.45) is 5.73 Å². The van der Waals surface area contributed by atoms with Crippen LogP contribution in [-0.4, -0.2) is 47.3 Å². The third-order valence-corrected chi connectivity index (χ3v) is 4.32. The molecule has 3 aromatic rings. The molecule has 124 valence electrons. The molecule has 7 heteroatoms. The molecule has 24 heavy (non-hydrogen) atoms. The lowest BCUT2D eigenvalue weighted by molar-refractivity contribution is 0.0467. The van der Waals surface area contributed by atoms with Gasteiger partial charge in [-0.2, -0.15) is 0 Å². The number of imidazole rings is 1. The molecule has 4 N–H and O–H groups in total. The molecule has 1 saturated heterocycles. The summed E-state index contributed by atoms with van der Waals surface area (Å²) in [6.45, 7) is 2.49. The van der Waals surface area contributed by atoms with E-state index in [0.717, 1.165) is 28.9 Å². The Labute approximate surface area is 138 Å². The van der Waals surface area contributed by atoms with Crippen molar-refractivity contribution < 1.29 is 4.74 Å². The average molecular weight is 325 g/mol. The summed E-state index contributed by atoms with van der Waals surface area (Å²) in [7, 11) is 0. The van der Waals surface area contributed by atoms with Gasteiger partial charge in [0.2, 0.25) is 0 Å². The standard InChI is InChI=1S/C17H19N5O2/c18-8-12-10-22(6-7-24-12)15-13(11-4-2-1-3-5-11)9-19-16-14(15)20-17(23)21-16/h1-5,9,12H,6-8,10,18H2,(H2,19,20,21,23).